The highest BCUT2D eigenvalue weighted by Gasteiger charge is 2.22. The molecule has 3 aromatic rings. The predicted octanol–water partition coefficient (Wildman–Crippen LogP) is 2.21. The summed E-state index contributed by atoms with van der Waals surface area (Å²) in [6, 6.07) is 16.0. The van der Waals surface area contributed by atoms with Gasteiger partial charge in [-0.3, -0.25) is 19.7 Å². The van der Waals surface area contributed by atoms with E-state index in [4.69, 9.17) is 9.47 Å². The lowest BCUT2D eigenvalue weighted by Gasteiger charge is -2.26. The highest BCUT2D eigenvalue weighted by molar-refractivity contribution is 6.09. The quantitative estimate of drug-likeness (QED) is 0.237. The molecule has 10 nitrogen and oxygen atoms in total. The van der Waals surface area contributed by atoms with Crippen LogP contribution in [0.4, 0.5) is 5.69 Å². The van der Waals surface area contributed by atoms with Crippen LogP contribution in [0, 0.1) is 0 Å². The molecule has 0 radical (unpaired) electrons. The van der Waals surface area contributed by atoms with E-state index in [0.717, 1.165) is 43.8 Å². The molecule has 2 aromatic carbocycles. The van der Waals surface area contributed by atoms with Crippen LogP contribution in [0.25, 0.3) is 5.69 Å². The van der Waals surface area contributed by atoms with E-state index in [2.05, 4.69) is 20.2 Å². The van der Waals surface area contributed by atoms with Gasteiger partial charge in [-0.1, -0.05) is 30.3 Å². The average molecular weight is 494 g/mol. The second-order valence-corrected chi connectivity index (χ2v) is 8.22. The van der Waals surface area contributed by atoms with Gasteiger partial charge in [0.2, 0.25) is 5.88 Å². The number of anilines is 1. The number of amidine groups is 1. The molecule has 1 aliphatic rings. The monoisotopic (exact) mass is 493 g/mol. The average Bonchev–Trinajstić information content (AvgIpc) is 2.88. The molecule has 1 aromatic heterocycles. The van der Waals surface area contributed by atoms with Gasteiger partial charge in [0, 0.05) is 31.9 Å². The van der Waals surface area contributed by atoms with Crippen LogP contribution in [0.2, 0.25) is 0 Å². The maximum absolute atomic E-state index is 13.0. The van der Waals surface area contributed by atoms with Crippen molar-refractivity contribution in [1.29, 1.82) is 0 Å². The van der Waals surface area contributed by atoms with Crippen LogP contribution in [0.1, 0.15) is 18.9 Å². The fourth-order valence-corrected chi connectivity index (χ4v) is 4.03. The number of para-hydroxylation sites is 3. The van der Waals surface area contributed by atoms with Crippen molar-refractivity contribution < 1.29 is 14.6 Å². The SMILES string of the molecule is CCOc1ccccc1-n1c(O)c(C(=NCCCN2CCOCC2)Nc2ccccc2)c(=O)[nH]c1=O. The van der Waals surface area contributed by atoms with E-state index < -0.39 is 17.1 Å². The van der Waals surface area contributed by atoms with Crippen molar-refractivity contribution >= 4 is 11.5 Å². The normalized spacial score (nSPS) is 14.5. The van der Waals surface area contributed by atoms with E-state index in [0.29, 0.717) is 30.3 Å². The molecule has 190 valence electrons. The number of morpholine rings is 1. The largest absolute Gasteiger partial charge is 0.493 e. The first-order chi connectivity index (χ1) is 17.6. The standard InChI is InChI=1S/C26H31N5O5/c1-2-36-21-12-7-6-11-20(21)31-25(33)22(24(32)29-26(31)34)23(28-19-9-4-3-5-10-19)27-13-8-14-30-15-17-35-18-16-30/h3-7,9-12,33H,2,8,13-18H2,1H3,(H,27,28)(H,29,32,34). The molecule has 0 spiro atoms. The van der Waals surface area contributed by atoms with Crippen molar-refractivity contribution in [3.8, 4) is 17.3 Å². The number of ether oxygens (including phenoxy) is 2. The van der Waals surface area contributed by atoms with Crippen LogP contribution in [0.5, 0.6) is 11.6 Å². The zero-order valence-corrected chi connectivity index (χ0v) is 20.3. The lowest BCUT2D eigenvalue weighted by Crippen LogP contribution is -2.37. The van der Waals surface area contributed by atoms with E-state index in [1.807, 2.05) is 37.3 Å². The van der Waals surface area contributed by atoms with Crippen LogP contribution < -0.4 is 21.3 Å². The predicted molar refractivity (Wildman–Crippen MR) is 139 cm³/mol. The fourth-order valence-electron chi connectivity index (χ4n) is 4.03. The van der Waals surface area contributed by atoms with Crippen LogP contribution in [-0.2, 0) is 4.74 Å². The van der Waals surface area contributed by atoms with Gasteiger partial charge in [0.1, 0.15) is 17.1 Å². The highest BCUT2D eigenvalue weighted by atomic mass is 16.5. The number of hydrogen-bond donors (Lipinski definition) is 3. The Bertz CT molecular complexity index is 1300. The van der Waals surface area contributed by atoms with E-state index in [1.165, 1.54) is 0 Å². The third kappa shape index (κ3) is 6.02. The number of nitrogens with zero attached hydrogens (tertiary/aromatic N) is 3. The summed E-state index contributed by atoms with van der Waals surface area (Å²) >= 11 is 0. The molecular weight excluding hydrogens is 462 g/mol. The molecule has 1 fully saturated rings. The summed E-state index contributed by atoms with van der Waals surface area (Å²) in [6.07, 6.45) is 0.755. The van der Waals surface area contributed by atoms with Crippen LogP contribution in [0.15, 0.2) is 69.2 Å². The summed E-state index contributed by atoms with van der Waals surface area (Å²) in [7, 11) is 0. The lowest BCUT2D eigenvalue weighted by molar-refractivity contribution is 0.0377. The molecule has 0 aliphatic carbocycles. The van der Waals surface area contributed by atoms with E-state index in [-0.39, 0.29) is 11.4 Å². The van der Waals surface area contributed by atoms with Crippen molar-refractivity contribution in [2.24, 2.45) is 4.99 Å². The molecular formula is C26H31N5O5. The first kappa shape index (κ1) is 25.2. The van der Waals surface area contributed by atoms with Gasteiger partial charge in [-0.2, -0.15) is 0 Å². The number of benzene rings is 2. The Morgan fingerprint density at radius 2 is 1.83 bits per heavy atom. The molecule has 10 heteroatoms. The zero-order valence-electron chi connectivity index (χ0n) is 20.3. The van der Waals surface area contributed by atoms with E-state index in [9.17, 15) is 14.7 Å². The number of aromatic amines is 1. The Labute approximate surface area is 208 Å². The Morgan fingerprint density at radius 1 is 1.11 bits per heavy atom. The number of aromatic hydroxyl groups is 1. The van der Waals surface area contributed by atoms with E-state index >= 15 is 0 Å². The molecule has 0 atom stereocenters. The van der Waals surface area contributed by atoms with Gasteiger partial charge in [0.25, 0.3) is 5.56 Å². The molecule has 1 saturated heterocycles. The number of aromatic nitrogens is 2. The number of hydrogen-bond acceptors (Lipinski definition) is 7. The number of aliphatic imine (C=N–C) groups is 1. The van der Waals surface area contributed by atoms with Gasteiger partial charge in [-0.05, 0) is 37.6 Å². The van der Waals surface area contributed by atoms with E-state index in [1.54, 1.807) is 24.3 Å². The Kier molecular flexibility index (Phi) is 8.53. The number of rotatable bonds is 9. The summed E-state index contributed by atoms with van der Waals surface area (Å²) in [4.78, 5) is 35.0. The molecule has 0 unspecified atom stereocenters. The minimum Gasteiger partial charge on any atom is -0.493 e. The van der Waals surface area contributed by atoms with Crippen LogP contribution in [0.3, 0.4) is 0 Å². The summed E-state index contributed by atoms with van der Waals surface area (Å²) < 4.78 is 12.1. The topological polar surface area (TPSA) is 121 Å². The smallest absolute Gasteiger partial charge is 0.335 e. The Hall–Kier alpha value is -3.89. The second kappa shape index (κ2) is 12.2. The van der Waals surface area contributed by atoms with Gasteiger partial charge in [-0.15, -0.1) is 0 Å². The van der Waals surface area contributed by atoms with Crippen molar-refractivity contribution in [3.05, 3.63) is 81.0 Å². The van der Waals surface area contributed by atoms with Crippen molar-refractivity contribution in [2.45, 2.75) is 13.3 Å². The molecule has 3 N–H and O–H groups in total. The Morgan fingerprint density at radius 3 is 2.58 bits per heavy atom. The maximum Gasteiger partial charge on any atom is 0.335 e. The fraction of sp³-hybridized carbons (Fsp3) is 0.346. The minimum atomic E-state index is -0.778. The first-order valence-corrected chi connectivity index (χ1v) is 12.1. The van der Waals surface area contributed by atoms with Gasteiger partial charge in [0.05, 0.1) is 25.5 Å². The molecule has 4 rings (SSSR count). The van der Waals surface area contributed by atoms with Crippen LogP contribution >= 0.6 is 0 Å². The van der Waals surface area contributed by atoms with Crippen molar-refractivity contribution in [3.63, 3.8) is 0 Å². The van der Waals surface area contributed by atoms with Crippen molar-refractivity contribution in [1.82, 2.24) is 14.5 Å². The third-order valence-electron chi connectivity index (χ3n) is 5.77. The van der Waals surface area contributed by atoms with Gasteiger partial charge in [-0.25, -0.2) is 9.36 Å². The lowest BCUT2D eigenvalue weighted by atomic mass is 10.2. The summed E-state index contributed by atoms with van der Waals surface area (Å²) in [5.74, 6) is 0.0475. The minimum absolute atomic E-state index is 0.129. The third-order valence-corrected chi connectivity index (χ3v) is 5.77. The Balaban J connectivity index is 1.72. The number of H-pyrrole nitrogens is 1. The molecule has 1 aliphatic heterocycles. The van der Waals surface area contributed by atoms with Crippen molar-refractivity contribution in [2.75, 3.05) is 51.3 Å². The molecule has 2 heterocycles. The first-order valence-electron chi connectivity index (χ1n) is 12.1. The molecule has 0 bridgehead atoms. The van der Waals surface area contributed by atoms with Gasteiger partial charge >= 0.3 is 5.69 Å². The maximum atomic E-state index is 13.0. The number of nitrogens with one attached hydrogen (secondary N) is 2. The summed E-state index contributed by atoms with van der Waals surface area (Å²) in [5.41, 5.74) is -0.643. The summed E-state index contributed by atoms with van der Waals surface area (Å²) in [6.45, 7) is 6.65. The molecule has 36 heavy (non-hydrogen) atoms. The van der Waals surface area contributed by atoms with Gasteiger partial charge < -0.3 is 19.9 Å². The highest BCUT2D eigenvalue weighted by Crippen LogP contribution is 2.26. The summed E-state index contributed by atoms with van der Waals surface area (Å²) in [5, 5.41) is 14.4. The van der Waals surface area contributed by atoms with Crippen LogP contribution in [-0.4, -0.2) is 71.4 Å². The zero-order chi connectivity index (χ0) is 25.3. The van der Waals surface area contributed by atoms with Gasteiger partial charge in [0.15, 0.2) is 0 Å². The second-order valence-electron chi connectivity index (χ2n) is 8.22. The molecule has 0 saturated carbocycles. The molecule has 0 amide bonds.